The van der Waals surface area contributed by atoms with Gasteiger partial charge < -0.3 is 0 Å². The third kappa shape index (κ3) is 4.31. The van der Waals surface area contributed by atoms with Crippen molar-refractivity contribution in [1.29, 1.82) is 0 Å². The molecule has 0 bridgehead atoms. The largest absolute Gasteiger partial charge is 0.289 e. The number of aromatic nitrogens is 2. The predicted molar refractivity (Wildman–Crippen MR) is 105 cm³/mol. The molecule has 0 fully saturated rings. The molecule has 0 aliphatic rings. The summed E-state index contributed by atoms with van der Waals surface area (Å²) in [4.78, 5) is 12.2. The highest BCUT2D eigenvalue weighted by atomic mass is 35.5. The van der Waals surface area contributed by atoms with E-state index >= 15 is 0 Å². The van der Waals surface area contributed by atoms with E-state index in [0.717, 1.165) is 12.0 Å². The van der Waals surface area contributed by atoms with Gasteiger partial charge in [-0.2, -0.15) is 10.2 Å². The SMILES string of the molecule is CCc1ccc(-c2cc(C(=O)N/N=C/c3ccc(Cl)cc3Cl)[nH]n2)cc1. The molecule has 1 heterocycles. The summed E-state index contributed by atoms with van der Waals surface area (Å²) < 4.78 is 0. The van der Waals surface area contributed by atoms with Crippen molar-refractivity contribution < 1.29 is 4.79 Å². The topological polar surface area (TPSA) is 70.1 Å². The van der Waals surface area contributed by atoms with Gasteiger partial charge in [0.05, 0.1) is 16.9 Å². The van der Waals surface area contributed by atoms with Gasteiger partial charge >= 0.3 is 0 Å². The number of aromatic amines is 1. The summed E-state index contributed by atoms with van der Waals surface area (Å²) in [5, 5.41) is 11.8. The number of carbonyl (C=O) groups is 1. The summed E-state index contributed by atoms with van der Waals surface area (Å²) in [7, 11) is 0. The smallest absolute Gasteiger partial charge is 0.272 e. The first kappa shape index (κ1) is 18.2. The van der Waals surface area contributed by atoms with E-state index in [1.54, 1.807) is 24.3 Å². The molecule has 1 aromatic heterocycles. The Bertz CT molecular complexity index is 948. The van der Waals surface area contributed by atoms with Gasteiger partial charge in [0.2, 0.25) is 0 Å². The van der Waals surface area contributed by atoms with Crippen LogP contribution in [0.15, 0.2) is 53.6 Å². The van der Waals surface area contributed by atoms with Crippen LogP contribution < -0.4 is 5.43 Å². The molecule has 0 spiro atoms. The van der Waals surface area contributed by atoms with Gasteiger partial charge in [-0.15, -0.1) is 0 Å². The van der Waals surface area contributed by atoms with Gasteiger partial charge in [-0.3, -0.25) is 9.89 Å². The Morgan fingerprint density at radius 1 is 1.19 bits per heavy atom. The van der Waals surface area contributed by atoms with E-state index in [2.05, 4.69) is 27.6 Å². The number of nitrogens with zero attached hydrogens (tertiary/aromatic N) is 2. The lowest BCUT2D eigenvalue weighted by Crippen LogP contribution is -2.18. The first-order valence-electron chi connectivity index (χ1n) is 8.00. The minimum atomic E-state index is -0.393. The molecule has 2 aromatic carbocycles. The fourth-order valence-electron chi connectivity index (χ4n) is 2.32. The summed E-state index contributed by atoms with van der Waals surface area (Å²) in [5.74, 6) is -0.393. The number of hydrogen-bond acceptors (Lipinski definition) is 3. The summed E-state index contributed by atoms with van der Waals surface area (Å²) in [6.45, 7) is 2.10. The number of aryl methyl sites for hydroxylation is 1. The maximum atomic E-state index is 12.2. The zero-order chi connectivity index (χ0) is 18.5. The van der Waals surface area contributed by atoms with Crippen LogP contribution >= 0.6 is 23.2 Å². The number of halogens is 2. The predicted octanol–water partition coefficient (Wildman–Crippen LogP) is 4.71. The van der Waals surface area contributed by atoms with E-state index < -0.39 is 5.91 Å². The minimum absolute atomic E-state index is 0.318. The molecule has 132 valence electrons. The molecule has 3 rings (SSSR count). The summed E-state index contributed by atoms with van der Waals surface area (Å²) >= 11 is 11.9. The van der Waals surface area contributed by atoms with E-state index in [0.29, 0.717) is 27.0 Å². The molecule has 7 heteroatoms. The van der Waals surface area contributed by atoms with Crippen molar-refractivity contribution in [3.05, 3.63) is 75.4 Å². The molecule has 5 nitrogen and oxygen atoms in total. The number of nitrogens with one attached hydrogen (secondary N) is 2. The van der Waals surface area contributed by atoms with Crippen LogP contribution in [0.25, 0.3) is 11.3 Å². The molecular weight excluding hydrogens is 371 g/mol. The molecule has 0 aliphatic heterocycles. The van der Waals surface area contributed by atoms with Crippen molar-refractivity contribution in [3.8, 4) is 11.3 Å². The number of amides is 1. The van der Waals surface area contributed by atoms with Crippen LogP contribution in [0.3, 0.4) is 0 Å². The van der Waals surface area contributed by atoms with Crippen LogP contribution in [0.4, 0.5) is 0 Å². The molecule has 0 saturated carbocycles. The third-order valence-corrected chi connectivity index (χ3v) is 4.38. The molecule has 0 atom stereocenters. The first-order valence-corrected chi connectivity index (χ1v) is 8.75. The van der Waals surface area contributed by atoms with Crippen molar-refractivity contribution in [3.63, 3.8) is 0 Å². The van der Waals surface area contributed by atoms with Crippen molar-refractivity contribution in [1.82, 2.24) is 15.6 Å². The second-order valence-electron chi connectivity index (χ2n) is 5.58. The third-order valence-electron chi connectivity index (χ3n) is 3.81. The van der Waals surface area contributed by atoms with Crippen molar-refractivity contribution in [2.75, 3.05) is 0 Å². The van der Waals surface area contributed by atoms with Gasteiger partial charge in [-0.1, -0.05) is 60.5 Å². The lowest BCUT2D eigenvalue weighted by Gasteiger charge is -1.99. The maximum Gasteiger partial charge on any atom is 0.289 e. The zero-order valence-electron chi connectivity index (χ0n) is 14.0. The molecule has 2 N–H and O–H groups in total. The highest BCUT2D eigenvalue weighted by Crippen LogP contribution is 2.20. The lowest BCUT2D eigenvalue weighted by molar-refractivity contribution is 0.0950. The summed E-state index contributed by atoms with van der Waals surface area (Å²) in [6.07, 6.45) is 2.43. The second kappa shape index (κ2) is 8.17. The van der Waals surface area contributed by atoms with Crippen LogP contribution in [0, 0.1) is 0 Å². The van der Waals surface area contributed by atoms with Gasteiger partial charge in [0, 0.05) is 16.1 Å². The quantitative estimate of drug-likeness (QED) is 0.492. The van der Waals surface area contributed by atoms with Crippen LogP contribution in [0.5, 0.6) is 0 Å². The number of rotatable bonds is 5. The summed E-state index contributed by atoms with van der Waals surface area (Å²) in [6, 6.07) is 14.8. The average Bonchev–Trinajstić information content (AvgIpc) is 3.14. The van der Waals surface area contributed by atoms with E-state index in [1.165, 1.54) is 11.8 Å². The Labute approximate surface area is 161 Å². The molecule has 1 amide bonds. The van der Waals surface area contributed by atoms with Gasteiger partial charge in [-0.25, -0.2) is 5.43 Å². The van der Waals surface area contributed by atoms with Crippen LogP contribution in [0.2, 0.25) is 10.0 Å². The van der Waals surface area contributed by atoms with Crippen molar-refractivity contribution >= 4 is 35.3 Å². The number of hydrogen-bond donors (Lipinski definition) is 2. The Hall–Kier alpha value is -2.63. The normalized spacial score (nSPS) is 11.0. The van der Waals surface area contributed by atoms with Crippen LogP contribution in [0.1, 0.15) is 28.5 Å². The standard InChI is InChI=1S/C19H16Cl2N4O/c1-2-12-3-5-13(6-4-12)17-10-18(24-23-17)19(26)25-22-11-14-7-8-15(20)9-16(14)21/h3-11H,2H2,1H3,(H,23,24)(H,25,26)/b22-11+. The van der Waals surface area contributed by atoms with Gasteiger partial charge in [0.15, 0.2) is 0 Å². The monoisotopic (exact) mass is 386 g/mol. The molecule has 0 aliphatic carbocycles. The Morgan fingerprint density at radius 2 is 1.96 bits per heavy atom. The van der Waals surface area contributed by atoms with E-state index in [1.807, 2.05) is 24.3 Å². The minimum Gasteiger partial charge on any atom is -0.272 e. The Kier molecular flexibility index (Phi) is 5.71. The molecule has 0 radical (unpaired) electrons. The van der Waals surface area contributed by atoms with E-state index in [-0.39, 0.29) is 0 Å². The average molecular weight is 387 g/mol. The number of hydrazone groups is 1. The highest BCUT2D eigenvalue weighted by molar-refractivity contribution is 6.36. The van der Waals surface area contributed by atoms with E-state index in [4.69, 9.17) is 23.2 Å². The van der Waals surface area contributed by atoms with Gasteiger partial charge in [0.25, 0.3) is 5.91 Å². The Morgan fingerprint density at radius 3 is 2.65 bits per heavy atom. The molecule has 0 unspecified atom stereocenters. The second-order valence-corrected chi connectivity index (χ2v) is 6.43. The van der Waals surface area contributed by atoms with E-state index in [9.17, 15) is 4.79 Å². The highest BCUT2D eigenvalue weighted by Gasteiger charge is 2.10. The molecule has 26 heavy (non-hydrogen) atoms. The van der Waals surface area contributed by atoms with Gasteiger partial charge in [-0.05, 0) is 30.2 Å². The maximum absolute atomic E-state index is 12.2. The van der Waals surface area contributed by atoms with Crippen LogP contribution in [-0.4, -0.2) is 22.3 Å². The van der Waals surface area contributed by atoms with Gasteiger partial charge in [0.1, 0.15) is 5.69 Å². The lowest BCUT2D eigenvalue weighted by atomic mass is 10.1. The fourth-order valence-corrected chi connectivity index (χ4v) is 2.78. The molecule has 3 aromatic rings. The number of carbonyl (C=O) groups excluding carboxylic acids is 1. The molecule has 0 saturated heterocycles. The van der Waals surface area contributed by atoms with Crippen LogP contribution in [-0.2, 0) is 6.42 Å². The molecular formula is C19H16Cl2N4O. The first-order chi connectivity index (χ1) is 12.6. The van der Waals surface area contributed by atoms with Crippen molar-refractivity contribution in [2.45, 2.75) is 13.3 Å². The van der Waals surface area contributed by atoms with Crippen molar-refractivity contribution in [2.24, 2.45) is 5.10 Å². The summed E-state index contributed by atoms with van der Waals surface area (Å²) in [5.41, 5.74) is 6.29. The zero-order valence-corrected chi connectivity index (χ0v) is 15.5. The number of H-pyrrole nitrogens is 1. The number of benzene rings is 2. The Balaban J connectivity index is 1.66. The fraction of sp³-hybridized carbons (Fsp3) is 0.105.